The fourth-order valence-corrected chi connectivity index (χ4v) is 2.47. The lowest BCUT2D eigenvalue weighted by Gasteiger charge is -2.07. The Morgan fingerprint density at radius 1 is 0.870 bits per heavy atom. The smallest absolute Gasteiger partial charge is 0.311 e. The molecule has 0 aliphatic carbocycles. The minimum Gasteiger partial charge on any atom is -0.497 e. The van der Waals surface area contributed by atoms with Crippen molar-refractivity contribution in [2.24, 2.45) is 0 Å². The highest BCUT2D eigenvalue weighted by Crippen LogP contribution is 2.25. The number of aryl methyl sites for hydroxylation is 1. The number of carbonyl (C=O) groups excluding carboxylic acids is 1. The number of rotatable bonds is 5. The van der Waals surface area contributed by atoms with Crippen molar-refractivity contribution >= 4 is 16.7 Å². The van der Waals surface area contributed by atoms with Crippen molar-refractivity contribution in [1.29, 1.82) is 0 Å². The molecule has 0 saturated heterocycles. The first-order chi connectivity index (χ1) is 11.2. The molecule has 0 aliphatic heterocycles. The van der Waals surface area contributed by atoms with Gasteiger partial charge in [0.05, 0.1) is 7.11 Å². The average Bonchev–Trinajstić information content (AvgIpc) is 2.60. The first kappa shape index (κ1) is 15.1. The van der Waals surface area contributed by atoms with E-state index in [2.05, 4.69) is 0 Å². The zero-order chi connectivity index (χ0) is 16.1. The van der Waals surface area contributed by atoms with E-state index >= 15 is 0 Å². The van der Waals surface area contributed by atoms with Gasteiger partial charge in [0.25, 0.3) is 0 Å². The first-order valence-electron chi connectivity index (χ1n) is 7.57. The standard InChI is InChI=1S/C20H18O3/c1-22-18-10-8-16-9-11-19(14-17(16)13-18)23-20(21)12-7-15-5-3-2-4-6-15/h2-6,8-11,13-14H,7,12H2,1H3. The zero-order valence-corrected chi connectivity index (χ0v) is 13.0. The lowest BCUT2D eigenvalue weighted by molar-refractivity contribution is -0.134. The van der Waals surface area contributed by atoms with Crippen molar-refractivity contribution in [2.75, 3.05) is 7.11 Å². The van der Waals surface area contributed by atoms with Gasteiger partial charge < -0.3 is 9.47 Å². The number of hydrogen-bond acceptors (Lipinski definition) is 3. The molecule has 0 spiro atoms. The Kier molecular flexibility index (Phi) is 4.57. The molecule has 3 aromatic rings. The van der Waals surface area contributed by atoms with Gasteiger partial charge in [-0.15, -0.1) is 0 Å². The van der Waals surface area contributed by atoms with E-state index in [9.17, 15) is 4.79 Å². The summed E-state index contributed by atoms with van der Waals surface area (Å²) in [5.41, 5.74) is 1.13. The third kappa shape index (κ3) is 3.89. The van der Waals surface area contributed by atoms with Crippen LogP contribution in [-0.2, 0) is 11.2 Å². The number of methoxy groups -OCH3 is 1. The summed E-state index contributed by atoms with van der Waals surface area (Å²) in [5, 5.41) is 2.06. The Hall–Kier alpha value is -2.81. The van der Waals surface area contributed by atoms with Crippen molar-refractivity contribution in [3.63, 3.8) is 0 Å². The molecular weight excluding hydrogens is 288 g/mol. The maximum absolute atomic E-state index is 12.0. The molecule has 3 heteroatoms. The molecule has 0 radical (unpaired) electrons. The second-order valence-electron chi connectivity index (χ2n) is 5.33. The third-order valence-corrected chi connectivity index (χ3v) is 3.71. The second kappa shape index (κ2) is 6.97. The van der Waals surface area contributed by atoms with Crippen molar-refractivity contribution in [2.45, 2.75) is 12.8 Å². The normalized spacial score (nSPS) is 10.5. The quantitative estimate of drug-likeness (QED) is 0.518. The Morgan fingerprint density at radius 3 is 2.30 bits per heavy atom. The van der Waals surface area contributed by atoms with Gasteiger partial charge in [0, 0.05) is 6.42 Å². The number of hydrogen-bond donors (Lipinski definition) is 0. The topological polar surface area (TPSA) is 35.5 Å². The van der Waals surface area contributed by atoms with Crippen LogP contribution in [-0.4, -0.2) is 13.1 Å². The first-order valence-corrected chi connectivity index (χ1v) is 7.57. The lowest BCUT2D eigenvalue weighted by Crippen LogP contribution is -2.08. The van der Waals surface area contributed by atoms with E-state index in [-0.39, 0.29) is 5.97 Å². The Balaban J connectivity index is 1.67. The molecule has 3 nitrogen and oxygen atoms in total. The molecule has 3 aromatic carbocycles. The Labute approximate surface area is 135 Å². The third-order valence-electron chi connectivity index (χ3n) is 3.71. The summed E-state index contributed by atoms with van der Waals surface area (Å²) in [6, 6.07) is 21.4. The summed E-state index contributed by atoms with van der Waals surface area (Å²) in [6.07, 6.45) is 1.04. The summed E-state index contributed by atoms with van der Waals surface area (Å²) < 4.78 is 10.7. The number of fused-ring (bicyclic) bond motifs is 1. The fraction of sp³-hybridized carbons (Fsp3) is 0.150. The summed E-state index contributed by atoms with van der Waals surface area (Å²) in [6.45, 7) is 0. The molecule has 0 bridgehead atoms. The molecule has 0 atom stereocenters. The maximum atomic E-state index is 12.0. The van der Waals surface area contributed by atoms with Gasteiger partial charge in [0.2, 0.25) is 0 Å². The van der Waals surface area contributed by atoms with E-state index < -0.39 is 0 Å². The van der Waals surface area contributed by atoms with Crippen LogP contribution >= 0.6 is 0 Å². The van der Waals surface area contributed by atoms with Crippen LogP contribution in [0.2, 0.25) is 0 Å². The molecule has 23 heavy (non-hydrogen) atoms. The number of carbonyl (C=O) groups is 1. The van der Waals surface area contributed by atoms with Gasteiger partial charge >= 0.3 is 5.97 Å². The number of benzene rings is 3. The summed E-state index contributed by atoms with van der Waals surface area (Å²) >= 11 is 0. The number of ether oxygens (including phenoxy) is 2. The van der Waals surface area contributed by atoms with Gasteiger partial charge in [-0.1, -0.05) is 42.5 Å². The van der Waals surface area contributed by atoms with Crippen LogP contribution in [0, 0.1) is 0 Å². The minimum absolute atomic E-state index is 0.226. The molecule has 0 N–H and O–H groups in total. The average molecular weight is 306 g/mol. The van der Waals surface area contributed by atoms with Crippen LogP contribution in [0.5, 0.6) is 11.5 Å². The summed E-state index contributed by atoms with van der Waals surface area (Å²) in [4.78, 5) is 12.0. The Morgan fingerprint density at radius 2 is 1.57 bits per heavy atom. The second-order valence-corrected chi connectivity index (χ2v) is 5.33. The Bertz CT molecular complexity index is 809. The molecule has 0 unspecified atom stereocenters. The predicted octanol–water partition coefficient (Wildman–Crippen LogP) is 4.39. The highest BCUT2D eigenvalue weighted by Gasteiger charge is 2.07. The lowest BCUT2D eigenvalue weighted by atomic mass is 10.1. The molecule has 3 rings (SSSR count). The van der Waals surface area contributed by atoms with Gasteiger partial charge in [0.1, 0.15) is 11.5 Å². The summed E-state index contributed by atoms with van der Waals surface area (Å²) in [7, 11) is 1.63. The van der Waals surface area contributed by atoms with Crippen LogP contribution in [0.15, 0.2) is 66.7 Å². The van der Waals surface area contributed by atoms with Crippen LogP contribution in [0.3, 0.4) is 0 Å². The molecule has 0 heterocycles. The van der Waals surface area contributed by atoms with Crippen LogP contribution in [0.25, 0.3) is 10.8 Å². The highest BCUT2D eigenvalue weighted by atomic mass is 16.5. The largest absolute Gasteiger partial charge is 0.497 e. The molecule has 0 aromatic heterocycles. The van der Waals surface area contributed by atoms with E-state index in [1.54, 1.807) is 7.11 Å². The zero-order valence-electron chi connectivity index (χ0n) is 13.0. The van der Waals surface area contributed by atoms with Crippen molar-refractivity contribution < 1.29 is 14.3 Å². The van der Waals surface area contributed by atoms with Gasteiger partial charge in [-0.3, -0.25) is 4.79 Å². The van der Waals surface area contributed by atoms with Crippen molar-refractivity contribution in [3.05, 3.63) is 72.3 Å². The van der Waals surface area contributed by atoms with E-state index in [4.69, 9.17) is 9.47 Å². The van der Waals surface area contributed by atoms with Crippen LogP contribution in [0.4, 0.5) is 0 Å². The van der Waals surface area contributed by atoms with Crippen LogP contribution in [0.1, 0.15) is 12.0 Å². The summed E-state index contributed by atoms with van der Waals surface area (Å²) in [5.74, 6) is 1.12. The molecule has 0 saturated carbocycles. The molecule has 0 fully saturated rings. The number of esters is 1. The molecule has 0 amide bonds. The van der Waals surface area contributed by atoms with Gasteiger partial charge in [-0.2, -0.15) is 0 Å². The maximum Gasteiger partial charge on any atom is 0.311 e. The van der Waals surface area contributed by atoms with Crippen molar-refractivity contribution in [3.8, 4) is 11.5 Å². The van der Waals surface area contributed by atoms with E-state index in [0.29, 0.717) is 18.6 Å². The molecule has 116 valence electrons. The van der Waals surface area contributed by atoms with Crippen LogP contribution < -0.4 is 9.47 Å². The molecular formula is C20H18O3. The fourth-order valence-electron chi connectivity index (χ4n) is 2.47. The van der Waals surface area contributed by atoms with E-state index in [1.165, 1.54) is 0 Å². The van der Waals surface area contributed by atoms with Gasteiger partial charge in [-0.05, 0) is 47.0 Å². The van der Waals surface area contributed by atoms with Gasteiger partial charge in [0.15, 0.2) is 0 Å². The van der Waals surface area contributed by atoms with E-state index in [0.717, 1.165) is 22.1 Å². The molecule has 0 aliphatic rings. The van der Waals surface area contributed by atoms with Gasteiger partial charge in [-0.25, -0.2) is 0 Å². The highest BCUT2D eigenvalue weighted by molar-refractivity contribution is 5.86. The predicted molar refractivity (Wildman–Crippen MR) is 90.9 cm³/mol. The van der Waals surface area contributed by atoms with Crippen molar-refractivity contribution in [1.82, 2.24) is 0 Å². The monoisotopic (exact) mass is 306 g/mol. The van der Waals surface area contributed by atoms with E-state index in [1.807, 2.05) is 66.7 Å². The minimum atomic E-state index is -0.226. The SMILES string of the molecule is COc1ccc2ccc(OC(=O)CCc3ccccc3)cc2c1.